The zero-order valence-electron chi connectivity index (χ0n) is 36.3. The van der Waals surface area contributed by atoms with E-state index in [0.717, 1.165) is 51.4 Å². The molecular weight excluding hydrogens is 816 g/mol. The van der Waals surface area contributed by atoms with Crippen molar-refractivity contribution in [3.05, 3.63) is 0 Å². The number of ether oxygens (including phenoxy) is 8. The normalized spacial score (nSPS) is 58.9. The molecule has 5 heterocycles. The Hall–Kier alpha value is -0.720. The first-order valence-electron chi connectivity index (χ1n) is 23.3. The minimum Gasteiger partial charge on any atom is -0.394 e. The molecule has 4 aliphatic carbocycles. The topological polar surface area (TPSA) is 276 Å². The van der Waals surface area contributed by atoms with Crippen LogP contribution in [0.1, 0.15) is 91.9 Å². The molecule has 0 amide bonds. The molecule has 0 aromatic carbocycles. The molecule has 9 rings (SSSR count). The molecule has 5 aliphatic heterocycles. The third-order valence-corrected chi connectivity index (χ3v) is 18.1. The van der Waals surface area contributed by atoms with Gasteiger partial charge in [-0.3, -0.25) is 0 Å². The fourth-order valence-corrected chi connectivity index (χ4v) is 14.3. The largest absolute Gasteiger partial charge is 0.394 e. The molecule has 0 radical (unpaired) electrons. The van der Waals surface area contributed by atoms with Gasteiger partial charge in [0.15, 0.2) is 24.7 Å². The quantitative estimate of drug-likeness (QED) is 0.131. The van der Waals surface area contributed by atoms with Gasteiger partial charge in [0.25, 0.3) is 0 Å². The summed E-state index contributed by atoms with van der Waals surface area (Å²) in [5.41, 5.74) is -1.25. The van der Waals surface area contributed by atoms with Gasteiger partial charge in [-0.05, 0) is 92.8 Å². The fourth-order valence-electron chi connectivity index (χ4n) is 14.3. The Labute approximate surface area is 362 Å². The van der Waals surface area contributed by atoms with Crippen LogP contribution in [-0.4, -0.2) is 187 Å². The van der Waals surface area contributed by atoms with Crippen LogP contribution < -0.4 is 0 Å². The first-order chi connectivity index (χ1) is 29.4. The summed E-state index contributed by atoms with van der Waals surface area (Å²) in [7, 11) is 0. The Balaban J connectivity index is 0.906. The molecule has 0 aromatic rings. The molecule has 18 heteroatoms. The van der Waals surface area contributed by atoms with Crippen LogP contribution in [-0.2, 0) is 37.9 Å². The van der Waals surface area contributed by atoms with Crippen molar-refractivity contribution >= 4 is 0 Å². The molecule has 0 unspecified atom stereocenters. The summed E-state index contributed by atoms with van der Waals surface area (Å²) in [5, 5.41) is 108. The van der Waals surface area contributed by atoms with Gasteiger partial charge in [-0.1, -0.05) is 27.7 Å². The van der Waals surface area contributed by atoms with Crippen molar-refractivity contribution in [2.24, 2.45) is 46.3 Å². The van der Waals surface area contributed by atoms with Crippen LogP contribution in [0.3, 0.4) is 0 Å². The Bertz CT molecular complexity index is 1570. The highest BCUT2D eigenvalue weighted by Crippen LogP contribution is 2.72. The minimum absolute atomic E-state index is 0.00541. The highest BCUT2D eigenvalue weighted by Gasteiger charge is 2.76. The lowest BCUT2D eigenvalue weighted by molar-refractivity contribution is -0.388. The third-order valence-electron chi connectivity index (χ3n) is 18.1. The van der Waals surface area contributed by atoms with Gasteiger partial charge in [-0.15, -0.1) is 0 Å². The Morgan fingerprint density at radius 2 is 1.34 bits per heavy atom. The predicted octanol–water partition coefficient (Wildman–Crippen LogP) is -0.980. The van der Waals surface area contributed by atoms with E-state index in [2.05, 4.69) is 27.7 Å². The number of rotatable bonds is 8. The minimum atomic E-state index is -1.82. The summed E-state index contributed by atoms with van der Waals surface area (Å²) in [5.74, 6) is 1.12. The van der Waals surface area contributed by atoms with Crippen molar-refractivity contribution in [2.75, 3.05) is 26.4 Å². The molecule has 26 atom stereocenters. The number of fused-ring (bicyclic) bond motifs is 7. The van der Waals surface area contributed by atoms with Gasteiger partial charge in [0.05, 0.1) is 38.6 Å². The lowest BCUT2D eigenvalue weighted by atomic mass is 9.44. The van der Waals surface area contributed by atoms with Crippen molar-refractivity contribution in [1.82, 2.24) is 0 Å². The van der Waals surface area contributed by atoms with Crippen molar-refractivity contribution in [2.45, 2.75) is 202 Å². The molecule has 9 aliphatic rings. The fraction of sp³-hybridized carbons (Fsp3) is 1.00. The molecule has 1 spiro atoms. The van der Waals surface area contributed by atoms with E-state index in [9.17, 15) is 51.1 Å². The maximum Gasteiger partial charge on any atom is 0.187 e. The summed E-state index contributed by atoms with van der Waals surface area (Å²) in [6.07, 6.45) is -13.8. The summed E-state index contributed by atoms with van der Waals surface area (Å²) in [6.45, 7) is 7.94. The lowest BCUT2D eigenvalue weighted by Crippen LogP contribution is -2.66. The van der Waals surface area contributed by atoms with E-state index in [4.69, 9.17) is 37.9 Å². The van der Waals surface area contributed by atoms with Crippen LogP contribution >= 0.6 is 0 Å². The number of hydrogen-bond acceptors (Lipinski definition) is 18. The van der Waals surface area contributed by atoms with Gasteiger partial charge < -0.3 is 89.0 Å². The average molecular weight is 889 g/mol. The van der Waals surface area contributed by atoms with E-state index < -0.39 is 111 Å². The van der Waals surface area contributed by atoms with Crippen LogP contribution in [0.15, 0.2) is 0 Å². The highest BCUT2D eigenvalue weighted by molar-refractivity contribution is 5.23. The lowest BCUT2D eigenvalue weighted by Gasteiger charge is -2.62. The maximum atomic E-state index is 12.8. The van der Waals surface area contributed by atoms with Crippen LogP contribution in [0.4, 0.5) is 0 Å². The molecule has 62 heavy (non-hydrogen) atoms. The standard InChI is InChI=1S/C44H72O18/c1-19-7-12-43(56-17-19)20(2)44(54)29(62-43)14-25-23-6-5-21-13-22(8-10-41(21,3)24(23)9-11-42(25,44)4)57-40-37(61-39-34(52)32(50)31(49)27(15-45)58-39)35(53)36(28(16-46)59-40)60-38-33(51)30(48)26(47)18-55-38/h19-40,45-54H,5-18H2,1-4H3/t19-,20+,21+,22-,23+,24-,25-,26+,27+,28+,29-,30-,31+,32-,33+,34+,35-,36+,37+,38-,39-,40+,41-,42-,43+,44+/m0/s1. The first kappa shape index (κ1) is 46.4. The number of hydrogen-bond donors (Lipinski definition) is 10. The van der Waals surface area contributed by atoms with Gasteiger partial charge in [0.2, 0.25) is 0 Å². The SMILES string of the molecule is C[C@H]1CC[C@@]2(OC1)O[C@H]1C[C@H]3[C@@H]4CC[C@@H]5C[C@@H](O[C@@H]6O[C@H](CO)[C@@H](O[C@@H]7OC[C@@H](O)[C@H](O)[C@H]7O)[C@H](O)[C@H]6O[C@@H]6O[C@H](CO)[C@@H](O)[C@H](O)[C@H]6O)CC[C@]5(C)[C@H]4CC[C@]3(C)[C@@]1(O)[C@@H]2C. The maximum absolute atomic E-state index is 12.8. The van der Waals surface area contributed by atoms with Gasteiger partial charge >= 0.3 is 0 Å². The van der Waals surface area contributed by atoms with E-state index >= 15 is 0 Å². The van der Waals surface area contributed by atoms with Crippen molar-refractivity contribution < 1.29 is 89.0 Å². The third kappa shape index (κ3) is 7.20. The molecule has 5 saturated heterocycles. The molecule has 10 N–H and O–H groups in total. The van der Waals surface area contributed by atoms with E-state index in [1.54, 1.807) is 0 Å². The Morgan fingerprint density at radius 1 is 0.629 bits per heavy atom. The summed E-state index contributed by atoms with van der Waals surface area (Å²) in [4.78, 5) is 0. The Morgan fingerprint density at radius 3 is 2.05 bits per heavy atom. The molecule has 4 saturated carbocycles. The second-order valence-corrected chi connectivity index (χ2v) is 21.2. The molecule has 9 fully saturated rings. The summed E-state index contributed by atoms with van der Waals surface area (Å²) >= 11 is 0. The first-order valence-corrected chi connectivity index (χ1v) is 23.3. The molecule has 356 valence electrons. The second-order valence-electron chi connectivity index (χ2n) is 21.2. The smallest absolute Gasteiger partial charge is 0.187 e. The van der Waals surface area contributed by atoms with Gasteiger partial charge in [-0.25, -0.2) is 0 Å². The predicted molar refractivity (Wildman–Crippen MR) is 211 cm³/mol. The number of aliphatic hydroxyl groups excluding tert-OH is 9. The highest BCUT2D eigenvalue weighted by atomic mass is 16.8. The zero-order valence-corrected chi connectivity index (χ0v) is 36.3. The molecule has 0 bridgehead atoms. The zero-order chi connectivity index (χ0) is 44.3. The second kappa shape index (κ2) is 17.1. The molecule has 18 nitrogen and oxygen atoms in total. The van der Waals surface area contributed by atoms with Gasteiger partial charge in [-0.2, -0.15) is 0 Å². The van der Waals surface area contributed by atoms with E-state index in [1.807, 2.05) is 0 Å². The van der Waals surface area contributed by atoms with Crippen LogP contribution in [0.2, 0.25) is 0 Å². The monoisotopic (exact) mass is 888 g/mol. The molecular formula is C44H72O18. The van der Waals surface area contributed by atoms with Crippen LogP contribution in [0.25, 0.3) is 0 Å². The van der Waals surface area contributed by atoms with Crippen LogP contribution in [0.5, 0.6) is 0 Å². The Kier molecular flexibility index (Phi) is 12.8. The van der Waals surface area contributed by atoms with Crippen molar-refractivity contribution in [1.29, 1.82) is 0 Å². The summed E-state index contributed by atoms with van der Waals surface area (Å²) in [6, 6.07) is 0. The van der Waals surface area contributed by atoms with Gasteiger partial charge in [0.1, 0.15) is 72.7 Å². The average Bonchev–Trinajstić information content (AvgIpc) is 3.61. The van der Waals surface area contributed by atoms with E-state index in [-0.39, 0.29) is 35.6 Å². The van der Waals surface area contributed by atoms with E-state index in [0.29, 0.717) is 49.0 Å². The van der Waals surface area contributed by atoms with Crippen molar-refractivity contribution in [3.8, 4) is 0 Å². The van der Waals surface area contributed by atoms with Crippen LogP contribution in [0, 0.1) is 46.3 Å². The van der Waals surface area contributed by atoms with Gasteiger partial charge in [0, 0.05) is 17.8 Å². The van der Waals surface area contributed by atoms with Crippen molar-refractivity contribution in [3.63, 3.8) is 0 Å². The summed E-state index contributed by atoms with van der Waals surface area (Å²) < 4.78 is 49.3. The van der Waals surface area contributed by atoms with E-state index in [1.165, 1.54) is 0 Å². The molecule has 0 aromatic heterocycles. The number of aliphatic hydroxyl groups is 10.